The molecule has 0 fully saturated rings. The van der Waals surface area contributed by atoms with Crippen LogP contribution >= 0.6 is 48.2 Å². The molecular formula is C98H88N14O19S4. The number of anilines is 2. The second-order valence-electron chi connectivity index (χ2n) is 32.1. The number of nitrogens with one attached hydrogen (secondary N) is 3. The first kappa shape index (κ1) is 90.6. The number of para-hydroxylation sites is 3. The Labute approximate surface area is 782 Å². The summed E-state index contributed by atoms with van der Waals surface area (Å²) in [6.45, 7) is 15.0. The summed E-state index contributed by atoms with van der Waals surface area (Å²) in [6, 6.07) is 67.8. The first-order valence-electron chi connectivity index (χ1n) is 42.9. The summed E-state index contributed by atoms with van der Waals surface area (Å²) < 4.78 is 60.3. The molecule has 12 aromatic heterocycles. The van der Waals surface area contributed by atoms with Crippen molar-refractivity contribution < 1.29 is 89.8 Å². The van der Waals surface area contributed by atoms with Crippen LogP contribution in [-0.4, -0.2) is 115 Å². The maximum Gasteiger partial charge on any atom is 0.221 e. The molecule has 37 heteroatoms. The number of oxazole rings is 6. The van der Waals surface area contributed by atoms with Crippen molar-refractivity contribution in [3.63, 3.8) is 0 Å². The van der Waals surface area contributed by atoms with Crippen molar-refractivity contribution in [2.45, 2.75) is 79.2 Å². The van der Waals surface area contributed by atoms with E-state index in [0.29, 0.717) is 52.6 Å². The van der Waals surface area contributed by atoms with E-state index in [1.807, 2.05) is 146 Å². The van der Waals surface area contributed by atoms with Gasteiger partial charge in [-0.25, -0.2) is 50.9 Å². The van der Waals surface area contributed by atoms with Gasteiger partial charge in [0, 0.05) is 293 Å². The van der Waals surface area contributed by atoms with Crippen LogP contribution in [0.15, 0.2) is 232 Å². The molecule has 0 saturated heterocycles. The Bertz CT molecular complexity index is 8520. The molecule has 135 heavy (non-hydrogen) atoms. The Morgan fingerprint density at radius 1 is 0.356 bits per heavy atom. The van der Waals surface area contributed by atoms with E-state index in [-0.39, 0.29) is 5.91 Å². The molecule has 24 aromatic rings. The Hall–Kier alpha value is -13.6. The number of rotatable bonds is 23. The van der Waals surface area contributed by atoms with E-state index in [1.54, 1.807) is 0 Å². The molecule has 0 unspecified atom stereocenters. The SMILES string of the molecule is CC(=O)Nc1ccc2c(c1)c1cc3nc(C)oc3cc1n2C.Cc1nc2cc3c(cc2o1)[nH]c1ccc(SOOO)cc13.Cc1nc2cc3c(cc2o1)[nH]c1ccccc13.Cc1nc2cc3c4cc(N(CCCSOOO)CCCSOOO)ccc4n(C)c3cc2o1.Cc1nc2cc3c4ccccc4n(C)c3cc2o1.Cc1nc2cc3c4ccccc4n(CCCSOOO)c3cc2o1. The Balaban J connectivity index is 0.000000105. The Kier molecular flexibility index (Phi) is 26.5. The molecule has 7 N–H and O–H groups in total. The van der Waals surface area contributed by atoms with Gasteiger partial charge in [0.05, 0.1) is 45.1 Å². The molecule has 24 rings (SSSR count). The van der Waals surface area contributed by atoms with Crippen molar-refractivity contribution in [2.75, 3.05) is 40.6 Å². The lowest BCUT2D eigenvalue weighted by molar-refractivity contribution is -0.432. The minimum absolute atomic E-state index is 0.0749. The fraction of sp³-hybridized carbons (Fsp3) is 0.194. The van der Waals surface area contributed by atoms with Gasteiger partial charge in [-0.15, -0.1) is 17.3 Å². The summed E-state index contributed by atoms with van der Waals surface area (Å²) in [5, 5.41) is 64.2. The second-order valence-corrected chi connectivity index (χ2v) is 35.2. The number of aromatic nitrogens is 12. The molecular weight excluding hydrogens is 1810 g/mol. The van der Waals surface area contributed by atoms with E-state index in [1.165, 1.54) is 55.8 Å². The summed E-state index contributed by atoms with van der Waals surface area (Å²) in [5.41, 5.74) is 25.3. The van der Waals surface area contributed by atoms with Gasteiger partial charge in [-0.2, -0.15) is 0 Å². The molecule has 0 saturated carbocycles. The van der Waals surface area contributed by atoms with Crippen LogP contribution in [0.1, 0.15) is 61.5 Å². The third-order valence-corrected chi connectivity index (χ3v) is 25.9. The van der Waals surface area contributed by atoms with Crippen LogP contribution in [0.3, 0.4) is 0 Å². The average molecular weight is 1890 g/mol. The minimum atomic E-state index is -0.0749. The van der Waals surface area contributed by atoms with Crippen LogP contribution < -0.4 is 10.2 Å². The maximum atomic E-state index is 11.3. The Morgan fingerprint density at radius 2 is 0.719 bits per heavy atom. The maximum absolute atomic E-state index is 11.3. The summed E-state index contributed by atoms with van der Waals surface area (Å²) in [5.74, 6) is 6.00. The highest BCUT2D eigenvalue weighted by Crippen LogP contribution is 2.41. The molecule has 688 valence electrons. The van der Waals surface area contributed by atoms with Crippen molar-refractivity contribution in [1.82, 2.24) is 58.1 Å². The van der Waals surface area contributed by atoms with Gasteiger partial charge in [-0.05, 0) is 128 Å². The van der Waals surface area contributed by atoms with E-state index >= 15 is 0 Å². The zero-order valence-corrected chi connectivity index (χ0v) is 77.6. The highest BCUT2D eigenvalue weighted by molar-refractivity contribution is 7.95. The topological polar surface area (TPSA) is 395 Å². The van der Waals surface area contributed by atoms with Gasteiger partial charge in [0.15, 0.2) is 68.8 Å². The third-order valence-electron chi connectivity index (χ3n) is 23.5. The van der Waals surface area contributed by atoms with Crippen LogP contribution in [-0.2, 0) is 70.0 Å². The van der Waals surface area contributed by atoms with E-state index in [0.717, 1.165) is 252 Å². The number of carbonyl (C=O) groups is 1. The number of benzene rings is 12. The molecule has 12 heterocycles. The number of aromatic amines is 2. The zero-order chi connectivity index (χ0) is 93.2. The van der Waals surface area contributed by atoms with Crippen molar-refractivity contribution in [3.05, 3.63) is 236 Å². The van der Waals surface area contributed by atoms with E-state index in [4.69, 9.17) is 47.5 Å². The molecule has 0 spiro atoms. The average Bonchev–Trinajstić information content (AvgIpc) is 1.57. The predicted octanol–water partition coefficient (Wildman–Crippen LogP) is 25.7. The van der Waals surface area contributed by atoms with Gasteiger partial charge in [0.2, 0.25) is 5.91 Å². The van der Waals surface area contributed by atoms with Crippen molar-refractivity contribution in [2.24, 2.45) is 21.1 Å². The number of amides is 1. The van der Waals surface area contributed by atoms with Gasteiger partial charge in [-0.3, -0.25) is 4.79 Å². The van der Waals surface area contributed by atoms with Crippen LogP contribution in [0.5, 0.6) is 0 Å². The molecule has 0 aliphatic carbocycles. The minimum Gasteiger partial charge on any atom is -0.441 e. The number of H-pyrrole nitrogens is 2. The quantitative estimate of drug-likeness (QED) is 0.0135. The third kappa shape index (κ3) is 18.8. The lowest BCUT2D eigenvalue weighted by Gasteiger charge is -2.25. The first-order valence-corrected chi connectivity index (χ1v) is 46.4. The van der Waals surface area contributed by atoms with Crippen LogP contribution in [0.2, 0.25) is 0 Å². The molecule has 0 atom stereocenters. The molecule has 0 bridgehead atoms. The highest BCUT2D eigenvalue weighted by Gasteiger charge is 2.22. The predicted molar refractivity (Wildman–Crippen MR) is 529 cm³/mol. The lowest BCUT2D eigenvalue weighted by Crippen LogP contribution is -2.26. The number of carbonyl (C=O) groups excluding carboxylic acids is 1. The van der Waals surface area contributed by atoms with E-state index in [9.17, 15) is 4.79 Å². The summed E-state index contributed by atoms with van der Waals surface area (Å²) in [6.07, 6.45) is 2.52. The first-order chi connectivity index (χ1) is 65.7. The van der Waals surface area contributed by atoms with E-state index in [2.05, 4.69) is 223 Å². The molecule has 0 radical (unpaired) electrons. The van der Waals surface area contributed by atoms with Gasteiger partial charge in [0.1, 0.15) is 33.1 Å². The molecule has 12 aromatic carbocycles. The van der Waals surface area contributed by atoms with Crippen LogP contribution in [0.25, 0.3) is 197 Å². The smallest absolute Gasteiger partial charge is 0.221 e. The number of fused-ring (bicyclic) bond motifs is 24. The van der Waals surface area contributed by atoms with Gasteiger partial charge < -0.3 is 65.0 Å². The molecule has 33 nitrogen and oxygen atoms in total. The van der Waals surface area contributed by atoms with Gasteiger partial charge >= 0.3 is 0 Å². The molecule has 1 amide bonds. The fourth-order valence-corrected chi connectivity index (χ4v) is 19.3. The van der Waals surface area contributed by atoms with Gasteiger partial charge in [0.25, 0.3) is 0 Å². The number of nitrogens with zero attached hydrogens (tertiary/aromatic N) is 11. The summed E-state index contributed by atoms with van der Waals surface area (Å²) in [7, 11) is 6.16. The lowest BCUT2D eigenvalue weighted by atomic mass is 10.1. The monoisotopic (exact) mass is 1890 g/mol. The van der Waals surface area contributed by atoms with E-state index < -0.39 is 0 Å². The highest BCUT2D eigenvalue weighted by atomic mass is 32.2. The molecule has 0 aliphatic rings. The summed E-state index contributed by atoms with van der Waals surface area (Å²) in [4.78, 5) is 47.6. The largest absolute Gasteiger partial charge is 0.441 e. The number of aryl methyl sites for hydroxylation is 10. The van der Waals surface area contributed by atoms with Crippen molar-refractivity contribution >= 4 is 263 Å². The standard InChI is InChI=1S/C21H25N3O7S2.C17H15N3O2.C17H16N2O4S.C15H12N2O.C14H10N2O4S.C14H10N2O/c1-14-22-18-12-17-16-11-15(5-6-19(16)23(2)20(17)13-21(18)27-14)24(7-3-9-32-30-28-25)8-4-10-33-31-29-26;1-9(21)18-11-4-5-15-12(6-11)13-7-14-17(22-10(2)19-14)8-16(13)20(15)3;1-11-18-14-9-13-12-5-2-3-6-15(12)19(7-4-8-24-23-22-20)16(13)10-17(14)21-11;1-9-16-12-7-11-10-5-3-4-6-13(10)17(2)14(11)8-15(12)18-9;1-7-15-13-5-10-9-4-8(21-20-19-17)2-3-11(9)16-12(10)6-14(13)18-7;1-8-15-13-6-10-9-4-2-3-5-11(9)16-12(10)7-14(13)17-8/h5-6,11-13,25-26H,3-4,7-10H2,1-2H3;4-8H,1-3H3,(H,18,21);2-3,5-6,9-10,20H,4,7-8H2,1H3;3-8H,1-2H3;2-6,16-17H,1H3;2-7,16H,1H3. The van der Waals surface area contributed by atoms with Gasteiger partial charge in [-0.1, -0.05) is 74.8 Å². The second kappa shape index (κ2) is 39.6. The van der Waals surface area contributed by atoms with Crippen LogP contribution in [0.4, 0.5) is 11.4 Å². The zero-order valence-electron chi connectivity index (χ0n) is 74.4. The van der Waals surface area contributed by atoms with Crippen LogP contribution in [0, 0.1) is 41.5 Å². The van der Waals surface area contributed by atoms with Crippen molar-refractivity contribution in [3.8, 4) is 0 Å². The molecule has 0 aliphatic heterocycles. The summed E-state index contributed by atoms with van der Waals surface area (Å²) >= 11 is 4.11. The number of hydrogen-bond donors (Lipinski definition) is 7. The fourth-order valence-electron chi connectivity index (χ4n) is 17.8. The number of hydrogen-bond acceptors (Lipinski definition) is 30. The van der Waals surface area contributed by atoms with Crippen molar-refractivity contribution in [1.29, 1.82) is 0 Å². The normalized spacial score (nSPS) is 11.8. The Morgan fingerprint density at radius 3 is 1.20 bits per heavy atom.